The van der Waals surface area contributed by atoms with Crippen LogP contribution in [0.1, 0.15) is 32.6 Å². The van der Waals surface area contributed by atoms with Crippen molar-refractivity contribution in [2.45, 2.75) is 69.2 Å². The van der Waals surface area contributed by atoms with Crippen molar-refractivity contribution in [2.24, 2.45) is 0 Å². The SMILES string of the molecule is CC(C)(C)[Si](C)(C)OC1C2OP(=S)(SCc3ccc(Cl)cc3Cl)OCC2OC1n1cnc2c(N)ncnc21. The maximum Gasteiger partial charge on any atom is 0.248 e. The molecule has 4 heterocycles. The van der Waals surface area contributed by atoms with Gasteiger partial charge in [-0.3, -0.25) is 4.57 Å². The Labute approximate surface area is 242 Å². The van der Waals surface area contributed by atoms with Gasteiger partial charge in [-0.05, 0) is 47.6 Å². The third kappa shape index (κ3) is 5.54. The van der Waals surface area contributed by atoms with Gasteiger partial charge in [-0.2, -0.15) is 0 Å². The average molecular weight is 635 g/mol. The molecule has 0 aliphatic carbocycles. The van der Waals surface area contributed by atoms with Gasteiger partial charge in [-0.25, -0.2) is 15.0 Å². The minimum Gasteiger partial charge on any atom is -0.407 e. The molecule has 5 unspecified atom stereocenters. The van der Waals surface area contributed by atoms with Crippen molar-refractivity contribution in [2.75, 3.05) is 12.3 Å². The van der Waals surface area contributed by atoms with Crippen molar-refractivity contribution >= 4 is 77.4 Å². The number of hydrogen-bond acceptors (Lipinski definition) is 10. The summed E-state index contributed by atoms with van der Waals surface area (Å²) in [4.78, 5) is 12.9. The minimum atomic E-state index is -2.74. The van der Waals surface area contributed by atoms with Crippen LogP contribution in [-0.2, 0) is 35.8 Å². The van der Waals surface area contributed by atoms with Gasteiger partial charge in [0.25, 0.3) is 0 Å². The van der Waals surface area contributed by atoms with Crippen molar-refractivity contribution in [1.82, 2.24) is 19.5 Å². The average Bonchev–Trinajstić information content (AvgIpc) is 3.40. The maximum atomic E-state index is 6.97. The highest BCUT2D eigenvalue weighted by Crippen LogP contribution is 2.67. The molecule has 3 aromatic rings. The highest BCUT2D eigenvalue weighted by atomic mass is 35.5. The van der Waals surface area contributed by atoms with Crippen LogP contribution in [0.25, 0.3) is 11.2 Å². The van der Waals surface area contributed by atoms with E-state index in [1.165, 1.54) is 17.7 Å². The molecule has 0 saturated carbocycles. The Morgan fingerprint density at radius 3 is 2.74 bits per heavy atom. The zero-order valence-corrected chi connectivity index (χ0v) is 26.7. The first-order chi connectivity index (χ1) is 17.8. The highest BCUT2D eigenvalue weighted by Gasteiger charge is 2.55. The fraction of sp³-hybridized carbons (Fsp3) is 0.522. The van der Waals surface area contributed by atoms with Crippen molar-refractivity contribution in [1.29, 1.82) is 0 Å². The van der Waals surface area contributed by atoms with Crippen LogP contribution in [0, 0.1) is 0 Å². The lowest BCUT2D eigenvalue weighted by molar-refractivity contribution is -0.0521. The predicted molar refractivity (Wildman–Crippen MR) is 159 cm³/mol. The second-order valence-electron chi connectivity index (χ2n) is 10.8. The Kier molecular flexibility index (Phi) is 7.98. The number of aromatic nitrogens is 4. The molecule has 0 amide bonds. The van der Waals surface area contributed by atoms with Gasteiger partial charge in [0.05, 0.1) is 12.9 Å². The Bertz CT molecular complexity index is 1410. The molecular formula is C23H30Cl2N5O4PS2Si. The molecule has 5 rings (SSSR count). The van der Waals surface area contributed by atoms with Crippen LogP contribution in [0.2, 0.25) is 28.2 Å². The molecule has 2 aromatic heterocycles. The number of halogens is 2. The molecule has 0 radical (unpaired) electrons. The van der Waals surface area contributed by atoms with Crippen LogP contribution in [0.15, 0.2) is 30.9 Å². The molecule has 2 saturated heterocycles. The van der Waals surface area contributed by atoms with Gasteiger partial charge in [0, 0.05) is 15.8 Å². The summed E-state index contributed by atoms with van der Waals surface area (Å²) in [6, 6.07) is 5.42. The molecule has 9 nitrogen and oxygen atoms in total. The summed E-state index contributed by atoms with van der Waals surface area (Å²) in [5, 5.41) is 1.13. The summed E-state index contributed by atoms with van der Waals surface area (Å²) < 4.78 is 28.1. The Morgan fingerprint density at radius 2 is 2.03 bits per heavy atom. The fourth-order valence-electron chi connectivity index (χ4n) is 4.09. The van der Waals surface area contributed by atoms with Crippen molar-refractivity contribution in [3.8, 4) is 0 Å². The molecule has 38 heavy (non-hydrogen) atoms. The minimum absolute atomic E-state index is 0.0370. The number of fused-ring (bicyclic) bond motifs is 2. The molecule has 1 aromatic carbocycles. The van der Waals surface area contributed by atoms with Crippen LogP contribution in [0.5, 0.6) is 0 Å². The largest absolute Gasteiger partial charge is 0.407 e. The zero-order valence-electron chi connectivity index (χ0n) is 21.6. The topological polar surface area (TPSA) is 107 Å². The molecule has 5 atom stereocenters. The third-order valence-electron chi connectivity index (χ3n) is 7.22. The van der Waals surface area contributed by atoms with E-state index < -0.39 is 32.4 Å². The van der Waals surface area contributed by atoms with Crippen molar-refractivity contribution < 1.29 is 18.2 Å². The standard InChI is InChI=1S/C23H30Cl2N5O4PS2Si/c1-23(2,3)38(4,5)34-19-18-16(32-22(19)30-12-29-17-20(26)27-11-28-21(17)30)9-31-35(36,33-18)37-10-13-6-7-14(24)8-15(13)25/h6-8,11-12,16,18-19,22H,9-10H2,1-5H3,(H2,26,27,28). The Balaban J connectivity index is 1.45. The monoisotopic (exact) mass is 633 g/mol. The van der Waals surface area contributed by atoms with Crippen LogP contribution >= 0.6 is 40.3 Å². The lowest BCUT2D eigenvalue weighted by Crippen LogP contribution is -2.50. The number of nitrogen functional groups attached to an aromatic ring is 1. The van der Waals surface area contributed by atoms with Crippen LogP contribution < -0.4 is 5.73 Å². The van der Waals surface area contributed by atoms with Crippen LogP contribution in [-0.4, -0.2) is 52.8 Å². The number of hydrogen-bond donors (Lipinski definition) is 1. The second-order valence-corrected chi connectivity index (χ2v) is 22.7. The molecule has 0 spiro atoms. The molecule has 15 heteroatoms. The molecule has 206 valence electrons. The van der Waals surface area contributed by atoms with Crippen LogP contribution in [0.4, 0.5) is 5.82 Å². The Morgan fingerprint density at radius 1 is 1.26 bits per heavy atom. The number of imidazole rings is 1. The molecule has 2 aliphatic heterocycles. The summed E-state index contributed by atoms with van der Waals surface area (Å²) in [5.41, 5.74) is 5.30. The van der Waals surface area contributed by atoms with Gasteiger partial charge in [0.2, 0.25) is 5.69 Å². The molecule has 2 fully saturated rings. The molecular weight excluding hydrogens is 604 g/mol. The van der Waals surface area contributed by atoms with Gasteiger partial charge in [0.15, 0.2) is 26.0 Å². The quantitative estimate of drug-likeness (QED) is 0.236. The van der Waals surface area contributed by atoms with E-state index in [0.717, 1.165) is 5.56 Å². The van der Waals surface area contributed by atoms with Crippen molar-refractivity contribution in [3.63, 3.8) is 0 Å². The van der Waals surface area contributed by atoms with E-state index in [0.29, 0.717) is 39.4 Å². The van der Waals surface area contributed by atoms with E-state index in [1.807, 2.05) is 10.6 Å². The van der Waals surface area contributed by atoms with E-state index in [2.05, 4.69) is 48.8 Å². The highest BCUT2D eigenvalue weighted by molar-refractivity contribution is 8.67. The van der Waals surface area contributed by atoms with Gasteiger partial charge in [-0.1, -0.05) is 61.4 Å². The predicted octanol–water partition coefficient (Wildman–Crippen LogP) is 6.58. The second kappa shape index (κ2) is 10.6. The third-order valence-corrected chi connectivity index (χ3v) is 17.4. The molecule has 0 bridgehead atoms. The number of benzene rings is 1. The lowest BCUT2D eigenvalue weighted by Gasteiger charge is -2.42. The maximum absolute atomic E-state index is 6.97. The number of ether oxygens (including phenoxy) is 1. The van der Waals surface area contributed by atoms with E-state index in [1.54, 1.807) is 18.5 Å². The first kappa shape index (κ1) is 28.7. The summed E-state index contributed by atoms with van der Waals surface area (Å²) in [5.74, 6) is 0.837. The fourth-order valence-corrected chi connectivity index (χ4v) is 10.3. The summed E-state index contributed by atoms with van der Waals surface area (Å²) >= 11 is 19.8. The summed E-state index contributed by atoms with van der Waals surface area (Å²) in [6.07, 6.45) is 1.26. The smallest absolute Gasteiger partial charge is 0.248 e. The first-order valence-electron chi connectivity index (χ1n) is 12.1. The van der Waals surface area contributed by atoms with E-state index in [-0.39, 0.29) is 11.1 Å². The molecule has 2 aliphatic rings. The van der Waals surface area contributed by atoms with Crippen LogP contribution in [0.3, 0.4) is 0 Å². The summed E-state index contributed by atoms with van der Waals surface area (Å²) in [7, 11) is -2.26. The first-order valence-corrected chi connectivity index (χ1v) is 19.9. The summed E-state index contributed by atoms with van der Waals surface area (Å²) in [6.45, 7) is 11.3. The Hall–Kier alpha value is -0.793. The normalized spacial score (nSPS) is 28.1. The van der Waals surface area contributed by atoms with E-state index in [9.17, 15) is 0 Å². The van der Waals surface area contributed by atoms with Gasteiger partial charge >= 0.3 is 0 Å². The van der Waals surface area contributed by atoms with Gasteiger partial charge in [-0.15, -0.1) is 0 Å². The number of nitrogens with zero attached hydrogens (tertiary/aromatic N) is 4. The van der Waals surface area contributed by atoms with E-state index >= 15 is 0 Å². The van der Waals surface area contributed by atoms with E-state index in [4.69, 9.17) is 59.0 Å². The van der Waals surface area contributed by atoms with Crippen molar-refractivity contribution in [3.05, 3.63) is 46.5 Å². The lowest BCUT2D eigenvalue weighted by atomic mass is 10.1. The number of nitrogens with two attached hydrogens (primary N) is 1. The van der Waals surface area contributed by atoms with Gasteiger partial charge in [0.1, 0.15) is 30.2 Å². The van der Waals surface area contributed by atoms with Gasteiger partial charge < -0.3 is 23.9 Å². The number of anilines is 1. The zero-order chi connectivity index (χ0) is 27.5. The molecule has 2 N–H and O–H groups in total. The number of rotatable bonds is 6.